The van der Waals surface area contributed by atoms with Crippen molar-refractivity contribution >= 4 is 17.4 Å². The van der Waals surface area contributed by atoms with Crippen molar-refractivity contribution < 1.29 is 55.8 Å². The van der Waals surface area contributed by atoms with Crippen molar-refractivity contribution in [3.63, 3.8) is 0 Å². The van der Waals surface area contributed by atoms with Gasteiger partial charge in [0.1, 0.15) is 5.82 Å². The van der Waals surface area contributed by atoms with Gasteiger partial charge < -0.3 is 43.2 Å². The van der Waals surface area contributed by atoms with Crippen molar-refractivity contribution in [2.75, 3.05) is 5.32 Å². The molecule has 0 fully saturated rings. The maximum absolute atomic E-state index is 12.8. The zero-order chi connectivity index (χ0) is 15.4. The van der Waals surface area contributed by atoms with E-state index in [1.807, 2.05) is 0 Å². The molecule has 23 heavy (non-hydrogen) atoms. The molecule has 2 rings (SSSR count). The fourth-order valence-corrected chi connectivity index (χ4v) is 2.33. The number of hydrogen-bond acceptors (Lipinski definition) is 4. The summed E-state index contributed by atoms with van der Waals surface area (Å²) in [6.45, 7) is 0. The van der Waals surface area contributed by atoms with Crippen LogP contribution in [0, 0.1) is 25.3 Å². The Kier molecular flexibility index (Phi) is 10.3. The molecule has 120 valence electrons. The largest absolute Gasteiger partial charge is 1.00 e. The van der Waals surface area contributed by atoms with Crippen LogP contribution >= 0.6 is 11.8 Å². The number of rotatable bonds is 5. The van der Waals surface area contributed by atoms with Crippen LogP contribution in [0.4, 0.5) is 10.1 Å². The molecular formula is C15H17FKN3O2S-2. The third-order valence-corrected chi connectivity index (χ3v) is 3.61. The number of aromatic nitrogens is 2. The molecular weight excluding hydrogens is 344 g/mol. The summed E-state index contributed by atoms with van der Waals surface area (Å²) in [5.41, 5.74) is 0.309. The Labute approximate surface area is 181 Å². The summed E-state index contributed by atoms with van der Waals surface area (Å²) in [6.07, 6.45) is 2.66. The van der Waals surface area contributed by atoms with Gasteiger partial charge in [-0.15, -0.1) is 0 Å². The van der Waals surface area contributed by atoms with E-state index in [1.165, 1.54) is 42.6 Å². The molecule has 0 radical (unpaired) electrons. The van der Waals surface area contributed by atoms with E-state index < -0.39 is 11.2 Å². The number of aryl methyl sites for hydroxylation is 1. The molecule has 1 heterocycles. The van der Waals surface area contributed by atoms with E-state index in [2.05, 4.69) is 11.5 Å². The van der Waals surface area contributed by atoms with Crippen molar-refractivity contribution in [1.29, 1.82) is 0 Å². The van der Waals surface area contributed by atoms with E-state index in [0.29, 0.717) is 5.75 Å². The summed E-state index contributed by atoms with van der Waals surface area (Å²) in [4.78, 5) is 23.3. The van der Waals surface area contributed by atoms with Gasteiger partial charge in [0.2, 0.25) is 5.69 Å². The van der Waals surface area contributed by atoms with Gasteiger partial charge in [-0.05, 0) is 43.2 Å². The molecule has 0 saturated heterocycles. The Morgan fingerprint density at radius 1 is 1.26 bits per heavy atom. The molecule has 0 saturated carbocycles. The van der Waals surface area contributed by atoms with Gasteiger partial charge in [0.25, 0.3) is 0 Å². The van der Waals surface area contributed by atoms with Crippen molar-refractivity contribution in [2.24, 2.45) is 14.1 Å². The molecule has 0 unspecified atom stereocenters. The van der Waals surface area contributed by atoms with Crippen LogP contribution in [0.3, 0.4) is 0 Å². The number of hydrogen-bond donors (Lipinski definition) is 1. The van der Waals surface area contributed by atoms with Crippen LogP contribution in [-0.4, -0.2) is 9.13 Å². The number of halogens is 1. The monoisotopic (exact) mass is 361 g/mol. The van der Waals surface area contributed by atoms with Crippen LogP contribution in [0.15, 0.2) is 33.9 Å². The fraction of sp³-hybridized carbons (Fsp3) is 0.200. The van der Waals surface area contributed by atoms with Gasteiger partial charge in [0, 0.05) is 0 Å². The SMILES string of the molecule is Cn1[c-]c(N[CH-]SCc2ccc(F)cc2)c(=O)n(C)c1=O.[CH3-].[K+]. The van der Waals surface area contributed by atoms with Crippen LogP contribution in [-0.2, 0) is 19.8 Å². The van der Waals surface area contributed by atoms with Gasteiger partial charge in [-0.1, -0.05) is 18.3 Å². The van der Waals surface area contributed by atoms with Gasteiger partial charge in [-0.25, -0.2) is 4.39 Å². The van der Waals surface area contributed by atoms with Crippen LogP contribution in [0.5, 0.6) is 0 Å². The van der Waals surface area contributed by atoms with E-state index in [0.717, 1.165) is 10.1 Å². The van der Waals surface area contributed by atoms with Crippen LogP contribution in [0.2, 0.25) is 0 Å². The second-order valence-electron chi connectivity index (χ2n) is 4.39. The minimum atomic E-state index is -0.434. The summed E-state index contributed by atoms with van der Waals surface area (Å²) in [6, 6.07) is 6.21. The number of anilines is 1. The fourth-order valence-electron chi connectivity index (χ4n) is 1.66. The van der Waals surface area contributed by atoms with Crippen molar-refractivity contribution in [3.8, 4) is 0 Å². The number of nitrogens with zero attached hydrogens (tertiary/aromatic N) is 2. The smallest absolute Gasteiger partial charge is 0.540 e. The molecule has 0 spiro atoms. The first-order valence-electron chi connectivity index (χ1n) is 6.12. The maximum atomic E-state index is 12.8. The van der Waals surface area contributed by atoms with Gasteiger partial charge in [0.15, 0.2) is 5.56 Å². The van der Waals surface area contributed by atoms with E-state index in [-0.39, 0.29) is 70.3 Å². The molecule has 2 aromatic rings. The molecule has 1 aromatic heterocycles. The molecule has 0 aliphatic rings. The summed E-state index contributed by atoms with van der Waals surface area (Å²) < 4.78 is 15.0. The first-order chi connectivity index (χ1) is 9.99. The van der Waals surface area contributed by atoms with Crippen molar-refractivity contribution in [2.45, 2.75) is 5.75 Å². The second kappa shape index (κ2) is 10.5. The quantitative estimate of drug-likeness (QED) is 0.419. The predicted octanol–water partition coefficient (Wildman–Crippen LogP) is -1.06. The van der Waals surface area contributed by atoms with E-state index in [9.17, 15) is 14.0 Å². The molecule has 1 N–H and O–H groups in total. The van der Waals surface area contributed by atoms with Crippen molar-refractivity contribution in [3.05, 3.63) is 76.0 Å². The van der Waals surface area contributed by atoms with Gasteiger partial charge >= 0.3 is 51.4 Å². The molecule has 5 nitrogen and oxygen atoms in total. The summed E-state index contributed by atoms with van der Waals surface area (Å²) in [5, 5.41) is 2.82. The zero-order valence-corrected chi connectivity index (χ0v) is 17.5. The Morgan fingerprint density at radius 3 is 2.48 bits per heavy atom. The van der Waals surface area contributed by atoms with E-state index in [4.69, 9.17) is 0 Å². The summed E-state index contributed by atoms with van der Waals surface area (Å²) in [7, 11) is 2.94. The Morgan fingerprint density at radius 2 is 1.87 bits per heavy atom. The summed E-state index contributed by atoms with van der Waals surface area (Å²) in [5.74, 6) is 2.01. The van der Waals surface area contributed by atoms with E-state index in [1.54, 1.807) is 18.0 Å². The maximum Gasteiger partial charge on any atom is 1.00 e. The van der Waals surface area contributed by atoms with E-state index >= 15 is 0 Å². The first kappa shape index (κ1) is 22.6. The number of benzene rings is 1. The number of nitrogens with one attached hydrogen (secondary N) is 1. The molecule has 0 atom stereocenters. The standard InChI is InChI=1S/C14H14FN3O2S.CH3.K/c1-17-7-12(13(19)18(2)14(17)20)16-9-21-8-10-3-5-11(15)6-4-10;;/h3-6,9,16H,8H2,1-2H3;1H3;/q-2;-1;+1. The molecule has 0 bridgehead atoms. The zero-order valence-electron chi connectivity index (χ0n) is 13.6. The van der Waals surface area contributed by atoms with Crippen LogP contribution in [0.25, 0.3) is 0 Å². The van der Waals surface area contributed by atoms with Crippen LogP contribution in [0.1, 0.15) is 5.56 Å². The Balaban J connectivity index is 0.00000242. The minimum absolute atomic E-state index is 0. The average Bonchev–Trinajstić information content (AvgIpc) is 2.48. The third-order valence-electron chi connectivity index (χ3n) is 2.82. The molecule has 0 aliphatic carbocycles. The second-order valence-corrected chi connectivity index (χ2v) is 5.25. The Hall–Kier alpha value is -0.384. The molecule has 8 heteroatoms. The van der Waals surface area contributed by atoms with Gasteiger partial charge in [-0.2, -0.15) is 5.88 Å². The first-order valence-corrected chi connectivity index (χ1v) is 7.17. The number of thioether (sulfide) groups is 1. The minimum Gasteiger partial charge on any atom is -0.540 e. The predicted molar refractivity (Wildman–Crippen MR) is 87.8 cm³/mol. The topological polar surface area (TPSA) is 56.0 Å². The molecule has 1 aromatic carbocycles. The van der Waals surface area contributed by atoms with Gasteiger partial charge in [0.05, 0.1) is 0 Å². The third kappa shape index (κ3) is 6.20. The average molecular weight is 361 g/mol. The molecule has 0 aliphatic heterocycles. The Bertz CT molecular complexity index is 744. The van der Waals surface area contributed by atoms with Crippen molar-refractivity contribution in [1.82, 2.24) is 9.13 Å². The normalized spacial score (nSPS) is 9.70. The summed E-state index contributed by atoms with van der Waals surface area (Å²) >= 11 is 1.42. The van der Waals surface area contributed by atoms with Crippen LogP contribution < -0.4 is 68.0 Å². The molecule has 0 amide bonds. The van der Waals surface area contributed by atoms with Gasteiger partial charge in [-0.3, -0.25) is 0 Å².